The number of likely N-dealkylation sites (tertiary alicyclic amines) is 1. The normalized spacial score (nSPS) is 24.7. The molecule has 1 aliphatic heterocycles. The van der Waals surface area contributed by atoms with Gasteiger partial charge >= 0.3 is 12.1 Å². The summed E-state index contributed by atoms with van der Waals surface area (Å²) in [4.78, 5) is 23.1. The summed E-state index contributed by atoms with van der Waals surface area (Å²) in [6, 6.07) is 0. The molecular formula is C10H17NO5. The predicted octanol–water partition coefficient (Wildman–Crippen LogP) is 0.868. The van der Waals surface area contributed by atoms with Crippen molar-refractivity contribution in [2.75, 3.05) is 26.8 Å². The maximum absolute atomic E-state index is 11.2. The van der Waals surface area contributed by atoms with Gasteiger partial charge in [0.05, 0.1) is 5.41 Å². The molecule has 1 fully saturated rings. The van der Waals surface area contributed by atoms with Gasteiger partial charge in [0.2, 0.25) is 0 Å². The number of hydrogen-bond donors (Lipinski definition) is 2. The van der Waals surface area contributed by atoms with Crippen LogP contribution in [0.2, 0.25) is 0 Å². The van der Waals surface area contributed by atoms with Crippen molar-refractivity contribution in [2.24, 2.45) is 5.41 Å². The molecule has 1 atom stereocenters. The summed E-state index contributed by atoms with van der Waals surface area (Å²) in [5, 5.41) is 18.0. The minimum Gasteiger partial charge on any atom is -0.481 e. The number of methoxy groups -OCH3 is 1. The fourth-order valence-corrected chi connectivity index (χ4v) is 2.08. The third kappa shape index (κ3) is 2.63. The highest BCUT2D eigenvalue weighted by molar-refractivity contribution is 5.77. The fourth-order valence-electron chi connectivity index (χ4n) is 2.08. The van der Waals surface area contributed by atoms with E-state index < -0.39 is 17.5 Å². The van der Waals surface area contributed by atoms with Gasteiger partial charge in [0.25, 0.3) is 0 Å². The zero-order valence-corrected chi connectivity index (χ0v) is 9.31. The molecule has 1 unspecified atom stereocenters. The van der Waals surface area contributed by atoms with Crippen LogP contribution in [0.15, 0.2) is 0 Å². The van der Waals surface area contributed by atoms with E-state index in [2.05, 4.69) is 0 Å². The van der Waals surface area contributed by atoms with E-state index in [1.54, 1.807) is 7.11 Å². The Bertz CT molecular complexity index is 280. The minimum atomic E-state index is -1.05. The Morgan fingerprint density at radius 1 is 1.44 bits per heavy atom. The van der Waals surface area contributed by atoms with Gasteiger partial charge in [-0.15, -0.1) is 0 Å². The van der Waals surface area contributed by atoms with E-state index >= 15 is 0 Å². The van der Waals surface area contributed by atoms with Crippen molar-refractivity contribution in [3.8, 4) is 0 Å². The van der Waals surface area contributed by atoms with Crippen molar-refractivity contribution in [2.45, 2.75) is 19.3 Å². The lowest BCUT2D eigenvalue weighted by molar-refractivity contribution is -0.148. The SMILES string of the molecule is COCCCC1(C(=O)O)CCN(C(=O)O)C1. The number of carboxylic acid groups (broad SMARTS) is 2. The molecule has 0 saturated carbocycles. The topological polar surface area (TPSA) is 87.1 Å². The first-order valence-electron chi connectivity index (χ1n) is 5.22. The van der Waals surface area contributed by atoms with Gasteiger partial charge in [0.15, 0.2) is 0 Å². The molecule has 6 heteroatoms. The standard InChI is InChI=1S/C10H17NO5/c1-16-6-2-3-10(8(12)13)4-5-11(7-10)9(14)15/h2-7H2,1H3,(H,12,13)(H,14,15). The van der Waals surface area contributed by atoms with Gasteiger partial charge in [-0.3, -0.25) is 4.79 Å². The van der Waals surface area contributed by atoms with Crippen LogP contribution in [0.25, 0.3) is 0 Å². The molecule has 0 aromatic heterocycles. The Morgan fingerprint density at radius 3 is 2.56 bits per heavy atom. The van der Waals surface area contributed by atoms with Crippen LogP contribution in [0.1, 0.15) is 19.3 Å². The van der Waals surface area contributed by atoms with Gasteiger partial charge in [-0.1, -0.05) is 0 Å². The molecule has 0 aromatic rings. The van der Waals surface area contributed by atoms with Crippen LogP contribution in [0, 0.1) is 5.41 Å². The largest absolute Gasteiger partial charge is 0.481 e. The lowest BCUT2D eigenvalue weighted by Crippen LogP contribution is -2.36. The number of rotatable bonds is 5. The van der Waals surface area contributed by atoms with Gasteiger partial charge in [-0.25, -0.2) is 4.79 Å². The summed E-state index contributed by atoms with van der Waals surface area (Å²) in [5.74, 6) is -0.910. The van der Waals surface area contributed by atoms with Crippen LogP contribution < -0.4 is 0 Å². The average Bonchev–Trinajstić information content (AvgIpc) is 2.64. The van der Waals surface area contributed by atoms with Crippen molar-refractivity contribution in [3.63, 3.8) is 0 Å². The molecule has 1 saturated heterocycles. The Balaban J connectivity index is 2.61. The van der Waals surface area contributed by atoms with Gasteiger partial charge < -0.3 is 19.8 Å². The molecule has 2 N–H and O–H groups in total. The van der Waals surface area contributed by atoms with E-state index in [4.69, 9.17) is 9.84 Å². The number of ether oxygens (including phenoxy) is 1. The van der Waals surface area contributed by atoms with Crippen molar-refractivity contribution in [1.29, 1.82) is 0 Å². The van der Waals surface area contributed by atoms with Crippen molar-refractivity contribution in [1.82, 2.24) is 4.90 Å². The predicted molar refractivity (Wildman–Crippen MR) is 55.4 cm³/mol. The first-order chi connectivity index (χ1) is 7.52. The Labute approximate surface area is 93.8 Å². The summed E-state index contributed by atoms with van der Waals surface area (Å²) < 4.78 is 4.88. The second-order valence-electron chi connectivity index (χ2n) is 4.14. The van der Waals surface area contributed by atoms with E-state index in [9.17, 15) is 14.7 Å². The molecular weight excluding hydrogens is 214 g/mol. The molecule has 1 rings (SSSR count). The van der Waals surface area contributed by atoms with Crippen LogP contribution in [0.5, 0.6) is 0 Å². The van der Waals surface area contributed by atoms with E-state index in [0.717, 1.165) is 0 Å². The van der Waals surface area contributed by atoms with Crippen molar-refractivity contribution < 1.29 is 24.5 Å². The van der Waals surface area contributed by atoms with E-state index in [1.807, 2.05) is 0 Å². The van der Waals surface area contributed by atoms with E-state index in [1.165, 1.54) is 4.90 Å². The average molecular weight is 231 g/mol. The molecule has 0 spiro atoms. The number of carbonyl (C=O) groups is 2. The Morgan fingerprint density at radius 2 is 2.12 bits per heavy atom. The van der Waals surface area contributed by atoms with Crippen molar-refractivity contribution >= 4 is 12.1 Å². The molecule has 1 amide bonds. The first-order valence-corrected chi connectivity index (χ1v) is 5.22. The van der Waals surface area contributed by atoms with E-state index in [-0.39, 0.29) is 6.54 Å². The number of amides is 1. The summed E-state index contributed by atoms with van der Waals surface area (Å²) in [5.41, 5.74) is -0.920. The van der Waals surface area contributed by atoms with E-state index in [0.29, 0.717) is 32.4 Å². The maximum Gasteiger partial charge on any atom is 0.407 e. The highest BCUT2D eigenvalue weighted by Crippen LogP contribution is 2.35. The van der Waals surface area contributed by atoms with Crippen LogP contribution in [0.4, 0.5) is 4.79 Å². The second-order valence-corrected chi connectivity index (χ2v) is 4.14. The third-order valence-corrected chi connectivity index (χ3v) is 3.08. The third-order valence-electron chi connectivity index (χ3n) is 3.08. The molecule has 6 nitrogen and oxygen atoms in total. The van der Waals surface area contributed by atoms with Crippen LogP contribution in [0.3, 0.4) is 0 Å². The van der Waals surface area contributed by atoms with Crippen LogP contribution in [-0.4, -0.2) is 54.0 Å². The minimum absolute atomic E-state index is 0.0847. The number of aliphatic carboxylic acids is 1. The zero-order chi connectivity index (χ0) is 12.2. The molecule has 1 heterocycles. The number of carboxylic acids is 1. The molecule has 92 valence electrons. The Hall–Kier alpha value is -1.30. The van der Waals surface area contributed by atoms with Gasteiger partial charge in [0, 0.05) is 26.8 Å². The van der Waals surface area contributed by atoms with Crippen LogP contribution in [-0.2, 0) is 9.53 Å². The highest BCUT2D eigenvalue weighted by Gasteiger charge is 2.45. The molecule has 0 aromatic carbocycles. The molecule has 0 bridgehead atoms. The summed E-state index contributed by atoms with van der Waals surface area (Å²) in [6.45, 7) is 0.887. The van der Waals surface area contributed by atoms with Crippen molar-refractivity contribution in [3.05, 3.63) is 0 Å². The summed E-state index contributed by atoms with van der Waals surface area (Å²) in [7, 11) is 1.56. The smallest absolute Gasteiger partial charge is 0.407 e. The fraction of sp³-hybridized carbons (Fsp3) is 0.800. The highest BCUT2D eigenvalue weighted by atomic mass is 16.5. The monoisotopic (exact) mass is 231 g/mol. The quantitative estimate of drug-likeness (QED) is 0.685. The summed E-state index contributed by atoms with van der Waals surface area (Å²) >= 11 is 0. The maximum atomic E-state index is 11.2. The molecule has 0 aliphatic carbocycles. The van der Waals surface area contributed by atoms with Crippen LogP contribution >= 0.6 is 0 Å². The van der Waals surface area contributed by atoms with Gasteiger partial charge in [-0.2, -0.15) is 0 Å². The van der Waals surface area contributed by atoms with Gasteiger partial charge in [-0.05, 0) is 19.3 Å². The second kappa shape index (κ2) is 5.16. The summed E-state index contributed by atoms with van der Waals surface area (Å²) in [6.07, 6.45) is 0.434. The number of hydrogen-bond acceptors (Lipinski definition) is 3. The van der Waals surface area contributed by atoms with Gasteiger partial charge in [0.1, 0.15) is 0 Å². The first kappa shape index (κ1) is 12.8. The lowest BCUT2D eigenvalue weighted by Gasteiger charge is -2.23. The lowest BCUT2D eigenvalue weighted by atomic mass is 9.82. The molecule has 16 heavy (non-hydrogen) atoms. The zero-order valence-electron chi connectivity index (χ0n) is 9.31. The Kier molecular flexibility index (Phi) is 4.12. The number of nitrogens with zero attached hydrogens (tertiary/aromatic N) is 1. The molecule has 1 aliphatic rings. The molecule has 0 radical (unpaired) electrons.